The average Bonchev–Trinajstić information content (AvgIpc) is 2.91. The van der Waals surface area contributed by atoms with Crippen molar-refractivity contribution in [1.82, 2.24) is 10.2 Å². The van der Waals surface area contributed by atoms with Crippen LogP contribution in [0.1, 0.15) is 22.4 Å². The highest BCUT2D eigenvalue weighted by molar-refractivity contribution is 5.96. The third-order valence-corrected chi connectivity index (χ3v) is 4.13. The fourth-order valence-corrected chi connectivity index (χ4v) is 2.83. The maximum Gasteiger partial charge on any atom is 0.228 e. The van der Waals surface area contributed by atoms with Crippen molar-refractivity contribution in [2.24, 2.45) is 0 Å². The van der Waals surface area contributed by atoms with Gasteiger partial charge in [-0.2, -0.15) is 5.10 Å². The largest absolute Gasteiger partial charge is 0.322 e. The first-order valence-electron chi connectivity index (χ1n) is 8.11. The standard InChI is InChI=1S/C20H20FN3O/c1-12-4-9-17(13(2)10-12)20-19(14(3)23-24-20)22-18(25)11-15-5-7-16(21)8-6-15/h4-10H,11H2,1-3H3,(H,22,25)(H,23,24). The van der Waals surface area contributed by atoms with Gasteiger partial charge in [-0.1, -0.05) is 35.9 Å². The maximum absolute atomic E-state index is 13.0. The molecule has 3 rings (SSSR count). The molecule has 1 aromatic heterocycles. The number of halogens is 1. The van der Waals surface area contributed by atoms with Crippen LogP contribution in [-0.2, 0) is 11.2 Å². The van der Waals surface area contributed by atoms with Crippen molar-refractivity contribution in [3.8, 4) is 11.3 Å². The number of anilines is 1. The van der Waals surface area contributed by atoms with E-state index in [4.69, 9.17) is 0 Å². The Kier molecular flexibility index (Phi) is 4.65. The van der Waals surface area contributed by atoms with Gasteiger partial charge in [-0.3, -0.25) is 9.89 Å². The lowest BCUT2D eigenvalue weighted by molar-refractivity contribution is -0.115. The molecule has 0 unspecified atom stereocenters. The number of rotatable bonds is 4. The number of aromatic amines is 1. The molecule has 0 aliphatic carbocycles. The molecule has 4 nitrogen and oxygen atoms in total. The monoisotopic (exact) mass is 337 g/mol. The summed E-state index contributed by atoms with van der Waals surface area (Å²) < 4.78 is 13.0. The summed E-state index contributed by atoms with van der Waals surface area (Å²) in [5, 5.41) is 10.2. The van der Waals surface area contributed by atoms with Gasteiger partial charge in [-0.05, 0) is 44.0 Å². The van der Waals surface area contributed by atoms with Gasteiger partial charge < -0.3 is 5.32 Å². The maximum atomic E-state index is 13.0. The van der Waals surface area contributed by atoms with E-state index in [9.17, 15) is 9.18 Å². The number of amides is 1. The molecule has 0 spiro atoms. The molecule has 5 heteroatoms. The van der Waals surface area contributed by atoms with Gasteiger partial charge in [0.15, 0.2) is 0 Å². The molecule has 0 fully saturated rings. The average molecular weight is 337 g/mol. The number of nitrogens with zero attached hydrogens (tertiary/aromatic N) is 1. The van der Waals surface area contributed by atoms with Crippen molar-refractivity contribution >= 4 is 11.6 Å². The van der Waals surface area contributed by atoms with Crippen molar-refractivity contribution in [1.29, 1.82) is 0 Å². The Bertz CT molecular complexity index is 913. The Labute approximate surface area is 146 Å². The number of nitrogens with one attached hydrogen (secondary N) is 2. The number of carbonyl (C=O) groups is 1. The number of H-pyrrole nitrogens is 1. The molecule has 1 amide bonds. The summed E-state index contributed by atoms with van der Waals surface area (Å²) in [7, 11) is 0. The van der Waals surface area contributed by atoms with Gasteiger partial charge in [0.2, 0.25) is 5.91 Å². The fraction of sp³-hybridized carbons (Fsp3) is 0.200. The van der Waals surface area contributed by atoms with Crippen LogP contribution >= 0.6 is 0 Å². The molecule has 0 aliphatic rings. The topological polar surface area (TPSA) is 57.8 Å². The molecule has 2 aromatic carbocycles. The van der Waals surface area contributed by atoms with Gasteiger partial charge in [0, 0.05) is 5.56 Å². The summed E-state index contributed by atoms with van der Waals surface area (Å²) in [6.45, 7) is 5.93. The summed E-state index contributed by atoms with van der Waals surface area (Å²) in [6, 6.07) is 12.1. The normalized spacial score (nSPS) is 10.7. The summed E-state index contributed by atoms with van der Waals surface area (Å²) in [5.41, 5.74) is 6.21. The van der Waals surface area contributed by atoms with E-state index in [0.717, 1.165) is 28.1 Å². The van der Waals surface area contributed by atoms with Gasteiger partial charge in [-0.25, -0.2) is 4.39 Å². The highest BCUT2D eigenvalue weighted by Crippen LogP contribution is 2.31. The lowest BCUT2D eigenvalue weighted by atomic mass is 10.0. The summed E-state index contributed by atoms with van der Waals surface area (Å²) in [6.07, 6.45) is 0.178. The van der Waals surface area contributed by atoms with E-state index in [1.165, 1.54) is 17.7 Å². The predicted octanol–water partition coefficient (Wildman–Crippen LogP) is 4.32. The van der Waals surface area contributed by atoms with E-state index in [-0.39, 0.29) is 18.1 Å². The second kappa shape index (κ2) is 6.89. The number of carbonyl (C=O) groups excluding carboxylic acids is 1. The third kappa shape index (κ3) is 3.76. The molecule has 0 saturated heterocycles. The van der Waals surface area contributed by atoms with Gasteiger partial charge in [0.25, 0.3) is 0 Å². The number of hydrogen-bond acceptors (Lipinski definition) is 2. The van der Waals surface area contributed by atoms with Crippen LogP contribution in [0.25, 0.3) is 11.3 Å². The van der Waals surface area contributed by atoms with E-state index in [0.29, 0.717) is 5.69 Å². The SMILES string of the molecule is Cc1ccc(-c2n[nH]c(C)c2NC(=O)Cc2ccc(F)cc2)c(C)c1. The molecule has 1 heterocycles. The molecule has 128 valence electrons. The second-order valence-corrected chi connectivity index (χ2v) is 6.24. The first kappa shape index (κ1) is 16.9. The molecular weight excluding hydrogens is 317 g/mol. The minimum Gasteiger partial charge on any atom is -0.322 e. The van der Waals surface area contributed by atoms with E-state index in [1.807, 2.05) is 32.9 Å². The zero-order chi connectivity index (χ0) is 18.0. The number of benzene rings is 2. The zero-order valence-corrected chi connectivity index (χ0v) is 14.5. The Morgan fingerprint density at radius 2 is 1.84 bits per heavy atom. The highest BCUT2D eigenvalue weighted by atomic mass is 19.1. The second-order valence-electron chi connectivity index (χ2n) is 6.24. The van der Waals surface area contributed by atoms with Gasteiger partial charge in [-0.15, -0.1) is 0 Å². The third-order valence-electron chi connectivity index (χ3n) is 4.13. The highest BCUT2D eigenvalue weighted by Gasteiger charge is 2.16. The van der Waals surface area contributed by atoms with E-state index < -0.39 is 0 Å². The van der Waals surface area contributed by atoms with Crippen molar-refractivity contribution in [2.45, 2.75) is 27.2 Å². The summed E-state index contributed by atoms with van der Waals surface area (Å²) in [4.78, 5) is 12.4. The van der Waals surface area contributed by atoms with Crippen LogP contribution in [0, 0.1) is 26.6 Å². The predicted molar refractivity (Wildman–Crippen MR) is 97.0 cm³/mol. The van der Waals surface area contributed by atoms with Crippen LogP contribution in [0.5, 0.6) is 0 Å². The molecule has 3 aromatic rings. The Morgan fingerprint density at radius 1 is 1.12 bits per heavy atom. The van der Waals surface area contributed by atoms with Crippen LogP contribution < -0.4 is 5.32 Å². The first-order chi connectivity index (χ1) is 11.9. The number of hydrogen-bond donors (Lipinski definition) is 2. The van der Waals surface area contributed by atoms with Crippen LogP contribution in [-0.4, -0.2) is 16.1 Å². The van der Waals surface area contributed by atoms with Crippen molar-refractivity contribution in [3.05, 3.63) is 70.7 Å². The van der Waals surface area contributed by atoms with E-state index in [2.05, 4.69) is 21.6 Å². The van der Waals surface area contributed by atoms with Crippen LogP contribution in [0.3, 0.4) is 0 Å². The number of aromatic nitrogens is 2. The molecule has 0 atom stereocenters. The molecule has 0 bridgehead atoms. The van der Waals surface area contributed by atoms with Gasteiger partial charge >= 0.3 is 0 Å². The molecular formula is C20H20FN3O. The van der Waals surface area contributed by atoms with Crippen molar-refractivity contribution in [2.75, 3.05) is 5.32 Å². The minimum absolute atomic E-state index is 0.165. The molecule has 0 aliphatic heterocycles. The Balaban J connectivity index is 1.84. The zero-order valence-electron chi connectivity index (χ0n) is 14.5. The quantitative estimate of drug-likeness (QED) is 0.745. The van der Waals surface area contributed by atoms with Crippen molar-refractivity contribution in [3.63, 3.8) is 0 Å². The van der Waals surface area contributed by atoms with Crippen LogP contribution in [0.4, 0.5) is 10.1 Å². The van der Waals surface area contributed by atoms with Gasteiger partial charge in [0.1, 0.15) is 11.5 Å². The van der Waals surface area contributed by atoms with Crippen LogP contribution in [0.2, 0.25) is 0 Å². The summed E-state index contributed by atoms with van der Waals surface area (Å²) in [5.74, 6) is -0.478. The Morgan fingerprint density at radius 3 is 2.52 bits per heavy atom. The lowest BCUT2D eigenvalue weighted by Crippen LogP contribution is -2.15. The van der Waals surface area contributed by atoms with Crippen LogP contribution in [0.15, 0.2) is 42.5 Å². The number of aryl methyl sites for hydroxylation is 3. The molecule has 2 N–H and O–H groups in total. The summed E-state index contributed by atoms with van der Waals surface area (Å²) >= 11 is 0. The lowest BCUT2D eigenvalue weighted by Gasteiger charge is -2.09. The molecule has 25 heavy (non-hydrogen) atoms. The van der Waals surface area contributed by atoms with E-state index in [1.54, 1.807) is 12.1 Å². The van der Waals surface area contributed by atoms with Crippen molar-refractivity contribution < 1.29 is 9.18 Å². The Hall–Kier alpha value is -2.95. The first-order valence-corrected chi connectivity index (χ1v) is 8.11. The van der Waals surface area contributed by atoms with E-state index >= 15 is 0 Å². The van der Waals surface area contributed by atoms with Gasteiger partial charge in [0.05, 0.1) is 17.8 Å². The molecule has 0 radical (unpaired) electrons. The minimum atomic E-state index is -0.313. The fourth-order valence-electron chi connectivity index (χ4n) is 2.83. The molecule has 0 saturated carbocycles. The smallest absolute Gasteiger partial charge is 0.228 e.